The largest absolute Gasteiger partial charge is 0.507 e. The van der Waals surface area contributed by atoms with Crippen molar-refractivity contribution in [3.8, 4) is 5.75 Å². The zero-order valence-corrected chi connectivity index (χ0v) is 18.2. The molecule has 0 bridgehead atoms. The van der Waals surface area contributed by atoms with E-state index in [1.54, 1.807) is 36.4 Å². The van der Waals surface area contributed by atoms with Crippen molar-refractivity contribution in [2.75, 3.05) is 7.05 Å². The molecular weight excluding hydrogens is 430 g/mol. The third kappa shape index (κ3) is 2.88. The molecule has 2 aliphatic heterocycles. The number of carbonyl (C=O) groups excluding carboxylic acids is 3. The number of benzene rings is 2. The van der Waals surface area contributed by atoms with Crippen LogP contribution in [-0.2, 0) is 14.4 Å². The predicted molar refractivity (Wildman–Crippen MR) is 118 cm³/mol. The lowest BCUT2D eigenvalue weighted by molar-refractivity contribution is -0.138. The summed E-state index contributed by atoms with van der Waals surface area (Å²) in [4.78, 5) is 40.0. The molecule has 1 aliphatic carbocycles. The van der Waals surface area contributed by atoms with Crippen molar-refractivity contribution in [3.63, 3.8) is 0 Å². The molecule has 0 spiro atoms. The summed E-state index contributed by atoms with van der Waals surface area (Å²) in [5.41, 5.74) is 2.38. The van der Waals surface area contributed by atoms with Gasteiger partial charge in [0.05, 0.1) is 23.6 Å². The van der Waals surface area contributed by atoms with Crippen molar-refractivity contribution < 1.29 is 19.5 Å². The predicted octanol–water partition coefficient (Wildman–Crippen LogP) is 2.94. The molecule has 0 radical (unpaired) electrons. The zero-order valence-electron chi connectivity index (χ0n) is 17.4. The number of hydrazone groups is 1. The molecule has 8 heteroatoms. The molecule has 3 amide bonds. The zero-order chi connectivity index (χ0) is 22.7. The van der Waals surface area contributed by atoms with E-state index >= 15 is 0 Å². The van der Waals surface area contributed by atoms with Gasteiger partial charge in [-0.1, -0.05) is 41.9 Å². The number of hydrogen-bond donors (Lipinski definition) is 1. The Morgan fingerprint density at radius 3 is 2.34 bits per heavy atom. The van der Waals surface area contributed by atoms with Crippen molar-refractivity contribution in [2.24, 2.45) is 16.9 Å². The first-order valence-electron chi connectivity index (χ1n) is 10.3. The number of phenols is 1. The third-order valence-corrected chi connectivity index (χ3v) is 6.76. The number of para-hydroxylation sites is 1. The molecule has 3 aliphatic rings. The van der Waals surface area contributed by atoms with Gasteiger partial charge in [0, 0.05) is 36.0 Å². The Balaban J connectivity index is 1.74. The quantitative estimate of drug-likeness (QED) is 0.714. The molecule has 2 aromatic carbocycles. The van der Waals surface area contributed by atoms with Gasteiger partial charge in [0.25, 0.3) is 0 Å². The van der Waals surface area contributed by atoms with E-state index in [1.807, 2.05) is 18.2 Å². The molecule has 1 saturated heterocycles. The number of likely N-dealkylation sites (tertiary alicyclic amines) is 1. The second-order valence-electron chi connectivity index (χ2n) is 8.26. The Bertz CT molecular complexity index is 1220. The first-order chi connectivity index (χ1) is 15.3. The van der Waals surface area contributed by atoms with Gasteiger partial charge in [0.2, 0.25) is 17.7 Å². The minimum absolute atomic E-state index is 0.0208. The molecule has 5 rings (SSSR count). The summed E-state index contributed by atoms with van der Waals surface area (Å²) >= 11 is 6.06. The van der Waals surface area contributed by atoms with E-state index in [9.17, 15) is 19.5 Å². The van der Waals surface area contributed by atoms with Gasteiger partial charge in [-0.15, -0.1) is 0 Å². The third-order valence-electron chi connectivity index (χ3n) is 6.50. The van der Waals surface area contributed by atoms with E-state index < -0.39 is 23.8 Å². The van der Waals surface area contributed by atoms with E-state index in [-0.39, 0.29) is 23.5 Å². The van der Waals surface area contributed by atoms with Crippen LogP contribution in [0.15, 0.2) is 65.3 Å². The minimum Gasteiger partial charge on any atom is -0.507 e. The first kappa shape index (κ1) is 20.5. The molecule has 162 valence electrons. The topological polar surface area (TPSA) is 90.3 Å². The van der Waals surface area contributed by atoms with Crippen LogP contribution in [0.4, 0.5) is 0 Å². The van der Waals surface area contributed by atoms with Crippen LogP contribution >= 0.6 is 11.6 Å². The maximum atomic E-state index is 13.2. The summed E-state index contributed by atoms with van der Waals surface area (Å²) in [6.45, 7) is 1.38. The van der Waals surface area contributed by atoms with Gasteiger partial charge in [-0.3, -0.25) is 19.3 Å². The lowest BCUT2D eigenvalue weighted by Crippen LogP contribution is -2.47. The average molecular weight is 450 g/mol. The SMILES string of the molecule is CC(=O)N1N=C(c2ccccc2O)C2=C[C@@H](c3ccc(Cl)cc3)[C@@H]3C(=O)N(C)C(=O)[C@@H]3[C@@H]21. The fourth-order valence-electron chi connectivity index (χ4n) is 5.03. The standard InChI is InChI=1S/C24H20ClN3O4/c1-12(29)28-22-17(21(26-28)15-5-3-4-6-18(15)30)11-16(13-7-9-14(25)10-8-13)19-20(22)24(32)27(2)23(19)31/h3-11,16,19-20,22,30H,1-2H3/t16-,19-,20-,22+/m0/s1. The van der Waals surface area contributed by atoms with Crippen molar-refractivity contribution in [3.05, 3.63) is 76.3 Å². The lowest BCUT2D eigenvalue weighted by Gasteiger charge is -2.36. The minimum atomic E-state index is -0.774. The Morgan fingerprint density at radius 2 is 1.69 bits per heavy atom. The summed E-state index contributed by atoms with van der Waals surface area (Å²) < 4.78 is 0. The van der Waals surface area contributed by atoms with Crippen LogP contribution < -0.4 is 0 Å². The highest BCUT2D eigenvalue weighted by Crippen LogP contribution is 2.50. The number of rotatable bonds is 2. The molecule has 0 unspecified atom stereocenters. The maximum absolute atomic E-state index is 13.2. The number of aromatic hydroxyl groups is 1. The maximum Gasteiger partial charge on any atom is 0.240 e. The number of allylic oxidation sites excluding steroid dienone is 1. The molecule has 2 aromatic rings. The van der Waals surface area contributed by atoms with E-state index in [1.165, 1.54) is 19.0 Å². The Morgan fingerprint density at radius 1 is 1.03 bits per heavy atom. The fourth-order valence-corrected chi connectivity index (χ4v) is 5.16. The second-order valence-corrected chi connectivity index (χ2v) is 8.70. The number of fused-ring (bicyclic) bond motifs is 3. The van der Waals surface area contributed by atoms with Crippen molar-refractivity contribution in [2.45, 2.75) is 18.9 Å². The second kappa shape index (κ2) is 7.31. The van der Waals surface area contributed by atoms with Crippen LogP contribution in [-0.4, -0.2) is 51.5 Å². The summed E-state index contributed by atoms with van der Waals surface area (Å²) in [6.07, 6.45) is 1.91. The summed E-state index contributed by atoms with van der Waals surface area (Å²) in [6, 6.07) is 13.2. The molecule has 2 heterocycles. The smallest absolute Gasteiger partial charge is 0.240 e. The summed E-state index contributed by atoms with van der Waals surface area (Å²) in [5.74, 6) is -2.79. The van der Waals surface area contributed by atoms with Crippen LogP contribution in [0.1, 0.15) is 24.0 Å². The molecule has 1 fully saturated rings. The number of nitrogens with zero attached hydrogens (tertiary/aromatic N) is 3. The first-order valence-corrected chi connectivity index (χ1v) is 10.6. The number of halogens is 1. The normalized spacial score (nSPS) is 26.6. The molecule has 1 N–H and O–H groups in total. The van der Waals surface area contributed by atoms with E-state index in [0.717, 1.165) is 10.5 Å². The molecule has 32 heavy (non-hydrogen) atoms. The highest BCUT2D eigenvalue weighted by atomic mass is 35.5. The number of hydrogen-bond acceptors (Lipinski definition) is 5. The molecule has 0 aromatic heterocycles. The number of phenolic OH excluding ortho intramolecular Hbond substituents is 1. The van der Waals surface area contributed by atoms with E-state index in [2.05, 4.69) is 5.10 Å². The molecule has 4 atom stereocenters. The lowest BCUT2D eigenvalue weighted by atomic mass is 9.68. The van der Waals surface area contributed by atoms with Crippen LogP contribution in [0.3, 0.4) is 0 Å². The van der Waals surface area contributed by atoms with Gasteiger partial charge in [0.15, 0.2) is 0 Å². The van der Waals surface area contributed by atoms with Crippen LogP contribution in [0.2, 0.25) is 5.02 Å². The number of amides is 3. The van der Waals surface area contributed by atoms with Gasteiger partial charge in [-0.2, -0.15) is 5.10 Å². The van der Waals surface area contributed by atoms with E-state index in [0.29, 0.717) is 21.9 Å². The van der Waals surface area contributed by atoms with Gasteiger partial charge < -0.3 is 5.11 Å². The highest BCUT2D eigenvalue weighted by molar-refractivity contribution is 6.30. The summed E-state index contributed by atoms with van der Waals surface area (Å²) in [5, 5.41) is 16.8. The van der Waals surface area contributed by atoms with Gasteiger partial charge >= 0.3 is 0 Å². The van der Waals surface area contributed by atoms with Gasteiger partial charge in [-0.05, 0) is 29.8 Å². The number of imide groups is 1. The van der Waals surface area contributed by atoms with Crippen molar-refractivity contribution >= 4 is 35.0 Å². The van der Waals surface area contributed by atoms with Gasteiger partial charge in [-0.25, -0.2) is 5.01 Å². The average Bonchev–Trinajstić information content (AvgIpc) is 3.26. The highest BCUT2D eigenvalue weighted by Gasteiger charge is 2.59. The van der Waals surface area contributed by atoms with Crippen LogP contribution in [0, 0.1) is 11.8 Å². The Kier molecular flexibility index (Phi) is 4.67. The Hall–Kier alpha value is -3.45. The molecular formula is C24H20ClN3O4. The molecule has 7 nitrogen and oxygen atoms in total. The van der Waals surface area contributed by atoms with Crippen molar-refractivity contribution in [1.82, 2.24) is 9.91 Å². The van der Waals surface area contributed by atoms with Gasteiger partial charge in [0.1, 0.15) is 5.75 Å². The van der Waals surface area contributed by atoms with Crippen LogP contribution in [0.25, 0.3) is 0 Å². The van der Waals surface area contributed by atoms with Crippen molar-refractivity contribution in [1.29, 1.82) is 0 Å². The van der Waals surface area contributed by atoms with Crippen LogP contribution in [0.5, 0.6) is 5.75 Å². The fraction of sp³-hybridized carbons (Fsp3) is 0.250. The number of carbonyl (C=O) groups is 3. The molecule has 0 saturated carbocycles. The Labute approximate surface area is 189 Å². The summed E-state index contributed by atoms with van der Waals surface area (Å²) in [7, 11) is 1.47. The monoisotopic (exact) mass is 449 g/mol. The van der Waals surface area contributed by atoms with E-state index in [4.69, 9.17) is 11.6 Å².